The number of likely N-dealkylation sites (tertiary alicyclic amines) is 1. The number of halogens is 1. The van der Waals surface area contributed by atoms with Crippen LogP contribution in [0.3, 0.4) is 0 Å². The molecule has 1 rings (SSSR count). The number of rotatable bonds is 5. The van der Waals surface area contributed by atoms with Gasteiger partial charge in [0.1, 0.15) is 5.60 Å². The van der Waals surface area contributed by atoms with Crippen molar-refractivity contribution in [1.29, 1.82) is 0 Å². The minimum absolute atomic E-state index is 0. The van der Waals surface area contributed by atoms with Crippen LogP contribution in [0.25, 0.3) is 0 Å². The second kappa shape index (κ2) is 11.8. The Morgan fingerprint density at radius 1 is 1.25 bits per heavy atom. The molecule has 1 fully saturated rings. The monoisotopic (exact) mass is 454 g/mol. The van der Waals surface area contributed by atoms with E-state index in [1.54, 1.807) is 0 Å². The molecule has 1 saturated heterocycles. The van der Waals surface area contributed by atoms with Crippen LogP contribution in [0.2, 0.25) is 0 Å². The number of carbonyl (C=O) groups is 1. The summed E-state index contributed by atoms with van der Waals surface area (Å²) in [6, 6.07) is 0. The molecule has 1 atom stereocenters. The highest BCUT2D eigenvalue weighted by molar-refractivity contribution is 14.0. The fraction of sp³-hybridized carbons (Fsp3) is 0.882. The van der Waals surface area contributed by atoms with Crippen molar-refractivity contribution in [3.63, 3.8) is 0 Å². The Bertz CT molecular complexity index is 389. The van der Waals surface area contributed by atoms with Crippen molar-refractivity contribution < 1.29 is 9.53 Å². The van der Waals surface area contributed by atoms with Gasteiger partial charge in [-0.25, -0.2) is 4.79 Å². The van der Waals surface area contributed by atoms with Gasteiger partial charge in [0.05, 0.1) is 0 Å². The van der Waals surface area contributed by atoms with Crippen LogP contribution in [0.4, 0.5) is 4.79 Å². The van der Waals surface area contributed by atoms with Crippen LogP contribution in [0, 0.1) is 5.92 Å². The van der Waals surface area contributed by atoms with E-state index in [9.17, 15) is 4.79 Å². The number of nitrogens with one attached hydrogen (secondary N) is 2. The Morgan fingerprint density at radius 2 is 1.88 bits per heavy atom. The minimum atomic E-state index is -0.430. The van der Waals surface area contributed by atoms with E-state index >= 15 is 0 Å². The molecular weight excluding hydrogens is 419 g/mol. The Morgan fingerprint density at radius 3 is 2.42 bits per heavy atom. The zero-order valence-corrected chi connectivity index (χ0v) is 18.2. The first-order chi connectivity index (χ1) is 10.9. The van der Waals surface area contributed by atoms with E-state index in [1.165, 1.54) is 0 Å². The predicted molar refractivity (Wildman–Crippen MR) is 110 cm³/mol. The van der Waals surface area contributed by atoms with Crippen molar-refractivity contribution in [1.82, 2.24) is 15.5 Å². The molecule has 142 valence electrons. The number of ether oxygens (including phenoxy) is 1. The van der Waals surface area contributed by atoms with E-state index in [4.69, 9.17) is 4.74 Å². The number of hydrogen-bond acceptors (Lipinski definition) is 3. The van der Waals surface area contributed by atoms with Crippen molar-refractivity contribution in [2.24, 2.45) is 10.9 Å². The second-order valence-corrected chi connectivity index (χ2v) is 7.01. The molecule has 0 aromatic rings. The Labute approximate surface area is 164 Å². The predicted octanol–water partition coefficient (Wildman–Crippen LogP) is 3.22. The fourth-order valence-corrected chi connectivity index (χ4v) is 2.66. The zero-order chi connectivity index (χ0) is 17.3. The van der Waals surface area contributed by atoms with Gasteiger partial charge in [-0.15, -0.1) is 24.0 Å². The first-order valence-electron chi connectivity index (χ1n) is 8.85. The molecule has 6 nitrogen and oxygen atoms in total. The molecule has 24 heavy (non-hydrogen) atoms. The maximum Gasteiger partial charge on any atom is 0.410 e. The van der Waals surface area contributed by atoms with Crippen LogP contribution in [0.15, 0.2) is 4.99 Å². The Balaban J connectivity index is 0.00000529. The van der Waals surface area contributed by atoms with Gasteiger partial charge in [-0.1, -0.05) is 0 Å². The van der Waals surface area contributed by atoms with E-state index in [-0.39, 0.29) is 30.1 Å². The number of hydrogen-bond donors (Lipinski definition) is 2. The summed E-state index contributed by atoms with van der Waals surface area (Å²) in [6.45, 7) is 13.9. The van der Waals surface area contributed by atoms with Crippen molar-refractivity contribution >= 4 is 36.0 Å². The molecule has 1 unspecified atom stereocenters. The average Bonchev–Trinajstić information content (AvgIpc) is 2.46. The van der Waals surface area contributed by atoms with Crippen LogP contribution >= 0.6 is 24.0 Å². The third-order valence-electron chi connectivity index (χ3n) is 3.67. The highest BCUT2D eigenvalue weighted by Gasteiger charge is 2.27. The quantitative estimate of drug-likeness (QED) is 0.381. The lowest BCUT2D eigenvalue weighted by Crippen LogP contribution is -2.43. The molecule has 7 heteroatoms. The van der Waals surface area contributed by atoms with Gasteiger partial charge in [0.2, 0.25) is 0 Å². The highest BCUT2D eigenvalue weighted by atomic mass is 127. The van der Waals surface area contributed by atoms with Crippen molar-refractivity contribution in [3.05, 3.63) is 0 Å². The van der Waals surface area contributed by atoms with Crippen LogP contribution in [-0.2, 0) is 4.74 Å². The average molecular weight is 454 g/mol. The lowest BCUT2D eigenvalue weighted by molar-refractivity contribution is 0.0163. The van der Waals surface area contributed by atoms with Gasteiger partial charge in [0, 0.05) is 32.7 Å². The van der Waals surface area contributed by atoms with Crippen LogP contribution in [0.5, 0.6) is 0 Å². The summed E-state index contributed by atoms with van der Waals surface area (Å²) in [7, 11) is 0. The molecule has 1 heterocycles. The Hall–Kier alpha value is -0.730. The summed E-state index contributed by atoms with van der Waals surface area (Å²) in [6.07, 6.45) is 3.01. The van der Waals surface area contributed by atoms with Crippen molar-refractivity contribution in [3.8, 4) is 0 Å². The SMILES string of the molecule is CCNC(=NCCC1CCCN(C(=O)OC(C)(C)C)C1)NCC.I. The number of piperidine rings is 1. The van der Waals surface area contributed by atoms with Gasteiger partial charge in [-0.2, -0.15) is 0 Å². The third kappa shape index (κ3) is 9.54. The Kier molecular flexibility index (Phi) is 11.4. The molecule has 0 spiro atoms. The first-order valence-corrected chi connectivity index (χ1v) is 8.85. The van der Waals surface area contributed by atoms with E-state index < -0.39 is 5.60 Å². The molecule has 0 radical (unpaired) electrons. The normalized spacial score (nSPS) is 17.5. The first kappa shape index (κ1) is 23.3. The van der Waals surface area contributed by atoms with Gasteiger partial charge in [-0.05, 0) is 59.8 Å². The van der Waals surface area contributed by atoms with Crippen LogP contribution in [0.1, 0.15) is 53.9 Å². The van der Waals surface area contributed by atoms with Crippen molar-refractivity contribution in [2.45, 2.75) is 59.5 Å². The van der Waals surface area contributed by atoms with Crippen LogP contribution in [-0.4, -0.2) is 55.3 Å². The summed E-state index contributed by atoms with van der Waals surface area (Å²) in [5.41, 5.74) is -0.430. The summed E-state index contributed by atoms with van der Waals surface area (Å²) in [5, 5.41) is 6.46. The minimum Gasteiger partial charge on any atom is -0.444 e. The fourth-order valence-electron chi connectivity index (χ4n) is 2.66. The highest BCUT2D eigenvalue weighted by Crippen LogP contribution is 2.21. The molecular formula is C17H35IN4O2. The standard InChI is InChI=1S/C17H34N4O2.HI/c1-6-18-15(19-7-2)20-11-10-14-9-8-12-21(13-14)16(22)23-17(3,4)5;/h14H,6-13H2,1-5H3,(H2,18,19,20);1H. The van der Waals surface area contributed by atoms with E-state index in [2.05, 4.69) is 29.5 Å². The molecule has 1 aliphatic rings. The van der Waals surface area contributed by atoms with Crippen molar-refractivity contribution in [2.75, 3.05) is 32.7 Å². The smallest absolute Gasteiger partial charge is 0.410 e. The van der Waals surface area contributed by atoms with E-state index in [0.29, 0.717) is 5.92 Å². The van der Waals surface area contributed by atoms with E-state index in [0.717, 1.165) is 57.9 Å². The molecule has 0 bridgehead atoms. The summed E-state index contributed by atoms with van der Waals surface area (Å²) < 4.78 is 5.47. The summed E-state index contributed by atoms with van der Waals surface area (Å²) in [5.74, 6) is 1.37. The maximum atomic E-state index is 12.2. The number of nitrogens with zero attached hydrogens (tertiary/aromatic N) is 2. The lowest BCUT2D eigenvalue weighted by Gasteiger charge is -2.34. The molecule has 0 aromatic carbocycles. The number of aliphatic imine (C=N–C) groups is 1. The molecule has 0 aliphatic carbocycles. The largest absolute Gasteiger partial charge is 0.444 e. The molecule has 1 aliphatic heterocycles. The van der Waals surface area contributed by atoms with Gasteiger partial charge in [0.15, 0.2) is 5.96 Å². The number of guanidine groups is 1. The molecule has 2 N–H and O–H groups in total. The number of carbonyl (C=O) groups excluding carboxylic acids is 1. The molecule has 1 amide bonds. The van der Waals surface area contributed by atoms with Gasteiger partial charge < -0.3 is 20.3 Å². The van der Waals surface area contributed by atoms with E-state index in [1.807, 2.05) is 25.7 Å². The number of amides is 1. The zero-order valence-electron chi connectivity index (χ0n) is 15.9. The van der Waals surface area contributed by atoms with Gasteiger partial charge in [0.25, 0.3) is 0 Å². The van der Waals surface area contributed by atoms with Gasteiger partial charge >= 0.3 is 6.09 Å². The maximum absolute atomic E-state index is 12.2. The molecule has 0 aromatic heterocycles. The van der Waals surface area contributed by atoms with Gasteiger partial charge in [-0.3, -0.25) is 4.99 Å². The summed E-state index contributed by atoms with van der Waals surface area (Å²) in [4.78, 5) is 18.6. The van der Waals surface area contributed by atoms with Crippen LogP contribution < -0.4 is 10.6 Å². The topological polar surface area (TPSA) is 66.0 Å². The summed E-state index contributed by atoms with van der Waals surface area (Å²) >= 11 is 0. The second-order valence-electron chi connectivity index (χ2n) is 7.01. The lowest BCUT2D eigenvalue weighted by atomic mass is 9.95. The third-order valence-corrected chi connectivity index (χ3v) is 3.67. The molecule has 0 saturated carbocycles.